The van der Waals surface area contributed by atoms with E-state index in [2.05, 4.69) is 57.4 Å². The Bertz CT molecular complexity index is 1680. The van der Waals surface area contributed by atoms with Crippen molar-refractivity contribution in [3.05, 3.63) is 88.9 Å². The molecule has 40 heavy (non-hydrogen) atoms. The van der Waals surface area contributed by atoms with E-state index in [4.69, 9.17) is 9.97 Å². The average Bonchev–Trinajstić information content (AvgIpc) is 3.48. The number of pyridine rings is 2. The number of piperazine rings is 1. The molecule has 0 unspecified atom stereocenters. The molecule has 1 saturated heterocycles. The van der Waals surface area contributed by atoms with Gasteiger partial charge in [-0.05, 0) is 73.7 Å². The summed E-state index contributed by atoms with van der Waals surface area (Å²) < 4.78 is 0. The number of hydrogen-bond donors (Lipinski definition) is 1. The van der Waals surface area contributed by atoms with E-state index in [1.54, 1.807) is 0 Å². The van der Waals surface area contributed by atoms with Crippen molar-refractivity contribution >= 4 is 27.6 Å². The van der Waals surface area contributed by atoms with Crippen molar-refractivity contribution in [2.45, 2.75) is 38.6 Å². The number of likely N-dealkylation sites (N-methyl/N-ethyl adjacent to an activating group) is 1. The van der Waals surface area contributed by atoms with Crippen molar-refractivity contribution < 1.29 is 4.79 Å². The van der Waals surface area contributed by atoms with Crippen molar-refractivity contribution in [1.82, 2.24) is 30.0 Å². The number of aromatic amines is 1. The van der Waals surface area contributed by atoms with E-state index in [0.717, 1.165) is 84.5 Å². The number of Topliss-reactive ketones (excluding diaryl/α,β-unsaturated/α-hetero) is 1. The number of aryl methyl sites for hydroxylation is 1. The number of nitrogens with one attached hydrogen (secondary N) is 1. The topological polar surface area (TPSA) is 78.0 Å². The van der Waals surface area contributed by atoms with Gasteiger partial charge in [-0.15, -0.1) is 0 Å². The minimum absolute atomic E-state index is 0.0942. The van der Waals surface area contributed by atoms with Crippen LogP contribution in [0.1, 0.15) is 45.6 Å². The van der Waals surface area contributed by atoms with Crippen molar-refractivity contribution in [1.29, 1.82) is 0 Å². The number of ketones is 1. The second-order valence-electron chi connectivity index (χ2n) is 11.3. The van der Waals surface area contributed by atoms with Gasteiger partial charge in [-0.25, -0.2) is 4.98 Å². The molecular formula is C33H34N6O. The lowest BCUT2D eigenvalue weighted by molar-refractivity contribution is 0.0992. The van der Waals surface area contributed by atoms with Gasteiger partial charge in [0.05, 0.1) is 29.3 Å². The number of carbonyl (C=O) groups is 1. The molecule has 202 valence electrons. The Morgan fingerprint density at radius 1 is 0.900 bits per heavy atom. The highest BCUT2D eigenvalue weighted by Gasteiger charge is 2.21. The Balaban J connectivity index is 1.09. The molecular weight excluding hydrogens is 496 g/mol. The van der Waals surface area contributed by atoms with E-state index >= 15 is 0 Å². The molecule has 4 heterocycles. The van der Waals surface area contributed by atoms with Gasteiger partial charge in [-0.3, -0.25) is 19.8 Å². The Morgan fingerprint density at radius 3 is 2.48 bits per heavy atom. The molecule has 1 fully saturated rings. The number of H-pyrrole nitrogens is 1. The molecule has 0 bridgehead atoms. The molecule has 0 radical (unpaired) electrons. The lowest BCUT2D eigenvalue weighted by Crippen LogP contribution is -2.43. The van der Waals surface area contributed by atoms with E-state index in [9.17, 15) is 4.79 Å². The van der Waals surface area contributed by atoms with Crippen molar-refractivity contribution in [2.75, 3.05) is 33.2 Å². The fourth-order valence-corrected chi connectivity index (χ4v) is 6.28. The van der Waals surface area contributed by atoms with Crippen LogP contribution in [0.2, 0.25) is 0 Å². The molecule has 0 saturated carbocycles. The third-order valence-electron chi connectivity index (χ3n) is 8.61. The van der Waals surface area contributed by atoms with Gasteiger partial charge >= 0.3 is 0 Å². The summed E-state index contributed by atoms with van der Waals surface area (Å²) in [6, 6.07) is 16.3. The molecule has 1 aliphatic heterocycles. The monoisotopic (exact) mass is 530 g/mol. The number of carbonyl (C=O) groups excluding carboxylic acids is 1. The predicted molar refractivity (Wildman–Crippen MR) is 159 cm³/mol. The first-order chi connectivity index (χ1) is 19.6. The zero-order chi connectivity index (χ0) is 27.1. The van der Waals surface area contributed by atoms with Crippen LogP contribution in [0.15, 0.2) is 60.9 Å². The van der Waals surface area contributed by atoms with Crippen LogP contribution in [0.4, 0.5) is 0 Å². The fourth-order valence-electron chi connectivity index (χ4n) is 6.28. The number of hydrogen-bond acceptors (Lipinski definition) is 6. The highest BCUT2D eigenvalue weighted by Crippen LogP contribution is 2.37. The van der Waals surface area contributed by atoms with Crippen LogP contribution in [0, 0.1) is 0 Å². The summed E-state index contributed by atoms with van der Waals surface area (Å²) in [5.74, 6) is 0.0942. The number of benzene rings is 2. The van der Waals surface area contributed by atoms with Crippen LogP contribution < -0.4 is 0 Å². The first kappa shape index (κ1) is 25.1. The largest absolute Gasteiger partial charge is 0.304 e. The second-order valence-corrected chi connectivity index (χ2v) is 11.3. The van der Waals surface area contributed by atoms with Crippen LogP contribution in [0.3, 0.4) is 0 Å². The Kier molecular flexibility index (Phi) is 6.61. The van der Waals surface area contributed by atoms with Crippen molar-refractivity contribution in [3.63, 3.8) is 0 Å². The maximum atomic E-state index is 13.1. The highest BCUT2D eigenvalue weighted by atomic mass is 16.1. The Labute approximate surface area is 234 Å². The normalized spacial score (nSPS) is 16.4. The van der Waals surface area contributed by atoms with Crippen molar-refractivity contribution in [3.8, 4) is 11.3 Å². The number of nitrogens with zero attached hydrogens (tertiary/aromatic N) is 5. The highest BCUT2D eigenvalue weighted by molar-refractivity contribution is 6.07. The number of fused-ring (bicyclic) bond motifs is 5. The van der Waals surface area contributed by atoms with E-state index in [0.29, 0.717) is 6.42 Å². The Morgan fingerprint density at radius 2 is 1.70 bits per heavy atom. The minimum Gasteiger partial charge on any atom is -0.304 e. The molecule has 3 aromatic heterocycles. The minimum atomic E-state index is 0.0942. The zero-order valence-corrected chi connectivity index (χ0v) is 23.0. The van der Waals surface area contributed by atoms with Gasteiger partial charge in [0.25, 0.3) is 0 Å². The first-order valence-corrected chi connectivity index (χ1v) is 14.4. The molecule has 0 amide bonds. The van der Waals surface area contributed by atoms with Crippen LogP contribution in [0.5, 0.6) is 0 Å². The summed E-state index contributed by atoms with van der Waals surface area (Å²) in [5.41, 5.74) is 9.58. The van der Waals surface area contributed by atoms with Crippen LogP contribution >= 0.6 is 0 Å². The summed E-state index contributed by atoms with van der Waals surface area (Å²) in [6.07, 6.45) is 8.54. The molecule has 7 rings (SSSR count). The zero-order valence-electron chi connectivity index (χ0n) is 23.0. The molecule has 2 aromatic carbocycles. The van der Waals surface area contributed by atoms with Crippen LogP contribution in [-0.2, 0) is 25.8 Å². The van der Waals surface area contributed by atoms with Gasteiger partial charge in [0.1, 0.15) is 0 Å². The number of aromatic nitrogens is 4. The van der Waals surface area contributed by atoms with E-state index in [1.807, 2.05) is 30.6 Å². The third kappa shape index (κ3) is 4.80. The van der Waals surface area contributed by atoms with Gasteiger partial charge in [0.2, 0.25) is 0 Å². The molecule has 7 heteroatoms. The van der Waals surface area contributed by atoms with Gasteiger partial charge in [0, 0.05) is 66.5 Å². The lowest BCUT2D eigenvalue weighted by atomic mass is 9.85. The first-order valence-electron chi connectivity index (χ1n) is 14.4. The molecule has 7 nitrogen and oxygen atoms in total. The summed E-state index contributed by atoms with van der Waals surface area (Å²) in [5, 5.41) is 9.75. The smallest absolute Gasteiger partial charge is 0.168 e. The quantitative estimate of drug-likeness (QED) is 0.303. The maximum Gasteiger partial charge on any atom is 0.168 e. The van der Waals surface area contributed by atoms with Crippen LogP contribution in [-0.4, -0.2) is 69.0 Å². The lowest BCUT2D eigenvalue weighted by Gasteiger charge is -2.32. The van der Waals surface area contributed by atoms with Gasteiger partial charge < -0.3 is 4.90 Å². The molecule has 0 atom stereocenters. The summed E-state index contributed by atoms with van der Waals surface area (Å²) >= 11 is 0. The Hall–Kier alpha value is -3.94. The molecule has 1 N–H and O–H groups in total. The third-order valence-corrected chi connectivity index (χ3v) is 8.61. The standard InChI is InChI=1S/C33H34N6O/c1-38-14-16-39(17-15-38)21-22-6-8-23(9-7-22)31(40)18-25-11-10-24(19-34-25)33-27-5-3-2-4-26(27)32-28-20-35-37-29(28)12-13-30(32)36-33/h6-13,19-20H,2-5,14-18,21H2,1H3,(H,35,37). The SMILES string of the molecule is CN1CCN(Cc2ccc(C(=O)Cc3ccc(-c4nc5ccc6[nH]ncc6c5c5c4CCCC5)cn3)cc2)CC1. The summed E-state index contributed by atoms with van der Waals surface area (Å²) in [6.45, 7) is 5.33. The summed E-state index contributed by atoms with van der Waals surface area (Å²) in [7, 11) is 2.17. The van der Waals surface area contributed by atoms with Gasteiger partial charge in [-0.1, -0.05) is 24.3 Å². The summed E-state index contributed by atoms with van der Waals surface area (Å²) in [4.78, 5) is 27.7. The van der Waals surface area contributed by atoms with E-state index < -0.39 is 0 Å². The van der Waals surface area contributed by atoms with E-state index in [-0.39, 0.29) is 5.78 Å². The van der Waals surface area contributed by atoms with Gasteiger partial charge in [-0.2, -0.15) is 5.10 Å². The fraction of sp³-hybridized carbons (Fsp3) is 0.333. The van der Waals surface area contributed by atoms with Crippen molar-refractivity contribution in [2.24, 2.45) is 0 Å². The second kappa shape index (κ2) is 10.6. The molecule has 5 aromatic rings. The number of rotatable bonds is 6. The van der Waals surface area contributed by atoms with E-state index in [1.165, 1.54) is 34.9 Å². The van der Waals surface area contributed by atoms with Crippen LogP contribution in [0.25, 0.3) is 33.1 Å². The maximum absolute atomic E-state index is 13.1. The molecule has 0 spiro atoms. The average molecular weight is 531 g/mol. The predicted octanol–water partition coefficient (Wildman–Crippen LogP) is 5.22. The molecule has 1 aliphatic carbocycles. The van der Waals surface area contributed by atoms with Gasteiger partial charge in [0.15, 0.2) is 5.78 Å². The molecule has 2 aliphatic rings.